The van der Waals surface area contributed by atoms with E-state index in [1.165, 1.54) is 22.3 Å². The fraction of sp³-hybridized carbons (Fsp3) is 0.125. The minimum absolute atomic E-state index is 0.681. The summed E-state index contributed by atoms with van der Waals surface area (Å²) in [6, 6.07) is 38.0. The maximum absolute atomic E-state index is 4.76. The molecule has 0 unspecified atom stereocenters. The SMILES string of the molecule is Cn1n[n+](Cc2ccccc2-c2ccccc2C[n+]2cc(-c3ccccc3)n(C)n2)cc1-c1ccccc1. The molecule has 0 aliphatic carbocycles. The molecule has 0 amide bonds. The Morgan fingerprint density at radius 2 is 0.868 bits per heavy atom. The van der Waals surface area contributed by atoms with Gasteiger partial charge in [0.05, 0.1) is 10.4 Å². The fourth-order valence-corrected chi connectivity index (χ4v) is 5.03. The summed E-state index contributed by atoms with van der Waals surface area (Å²) in [4.78, 5) is 0. The van der Waals surface area contributed by atoms with Crippen molar-refractivity contribution in [3.8, 4) is 33.6 Å². The summed E-state index contributed by atoms with van der Waals surface area (Å²) in [5.41, 5.74) is 9.35. The lowest BCUT2D eigenvalue weighted by Crippen LogP contribution is -2.37. The maximum atomic E-state index is 4.76. The molecule has 2 heterocycles. The van der Waals surface area contributed by atoms with Gasteiger partial charge in [-0.2, -0.15) is 0 Å². The van der Waals surface area contributed by atoms with Gasteiger partial charge in [-0.05, 0) is 11.1 Å². The highest BCUT2D eigenvalue weighted by Crippen LogP contribution is 2.27. The smallest absolute Gasteiger partial charge is 0.133 e. The van der Waals surface area contributed by atoms with Crippen molar-refractivity contribution in [3.05, 3.63) is 133 Å². The van der Waals surface area contributed by atoms with Crippen molar-refractivity contribution in [2.45, 2.75) is 13.1 Å². The minimum Gasteiger partial charge on any atom is -0.133 e. The Morgan fingerprint density at radius 3 is 1.29 bits per heavy atom. The Labute approximate surface area is 222 Å². The molecule has 0 bridgehead atoms. The summed E-state index contributed by atoms with van der Waals surface area (Å²) in [6.45, 7) is 1.36. The van der Waals surface area contributed by atoms with Crippen LogP contribution in [-0.2, 0) is 27.2 Å². The van der Waals surface area contributed by atoms with Crippen LogP contribution >= 0.6 is 0 Å². The Hall–Kier alpha value is -4.84. The maximum Gasteiger partial charge on any atom is 0.197 e. The molecule has 0 spiro atoms. The van der Waals surface area contributed by atoms with E-state index in [2.05, 4.69) is 109 Å². The summed E-state index contributed by atoms with van der Waals surface area (Å²) in [5.74, 6) is 0. The molecule has 0 saturated carbocycles. The van der Waals surface area contributed by atoms with Crippen molar-refractivity contribution >= 4 is 0 Å². The summed E-state index contributed by atoms with van der Waals surface area (Å²) < 4.78 is 7.91. The molecular weight excluding hydrogens is 468 g/mol. The zero-order chi connectivity index (χ0) is 25.9. The van der Waals surface area contributed by atoms with Gasteiger partial charge in [0.25, 0.3) is 0 Å². The molecule has 6 heteroatoms. The van der Waals surface area contributed by atoms with Crippen molar-refractivity contribution in [3.63, 3.8) is 0 Å². The number of benzene rings is 4. The second-order valence-corrected chi connectivity index (χ2v) is 9.50. The third-order valence-corrected chi connectivity index (χ3v) is 6.87. The predicted octanol–water partition coefficient (Wildman–Crippen LogP) is 4.83. The average molecular weight is 499 g/mol. The highest BCUT2D eigenvalue weighted by molar-refractivity contribution is 5.70. The Bertz CT molecular complexity index is 1550. The molecule has 0 fully saturated rings. The monoisotopic (exact) mass is 498 g/mol. The molecule has 6 rings (SSSR count). The zero-order valence-electron chi connectivity index (χ0n) is 21.6. The van der Waals surface area contributed by atoms with Gasteiger partial charge in [-0.3, -0.25) is 0 Å². The second kappa shape index (κ2) is 10.3. The molecule has 186 valence electrons. The first-order valence-corrected chi connectivity index (χ1v) is 12.8. The lowest BCUT2D eigenvalue weighted by Gasteiger charge is -2.11. The van der Waals surface area contributed by atoms with Gasteiger partial charge in [-0.25, -0.2) is 0 Å². The predicted molar refractivity (Wildman–Crippen MR) is 148 cm³/mol. The van der Waals surface area contributed by atoms with Crippen LogP contribution in [0.5, 0.6) is 0 Å². The molecular formula is C32H30N6+2. The molecule has 6 aromatic rings. The van der Waals surface area contributed by atoms with Gasteiger partial charge in [-0.15, -0.1) is 18.7 Å². The molecule has 4 aromatic carbocycles. The molecule has 2 aromatic heterocycles. The van der Waals surface area contributed by atoms with Crippen molar-refractivity contribution in [2.24, 2.45) is 14.1 Å². The summed E-state index contributed by atoms with van der Waals surface area (Å²) in [5, 5.41) is 9.53. The van der Waals surface area contributed by atoms with Crippen LogP contribution in [0.25, 0.3) is 33.6 Å². The van der Waals surface area contributed by atoms with Crippen LogP contribution in [-0.4, -0.2) is 19.8 Å². The average Bonchev–Trinajstić information content (AvgIpc) is 3.51. The highest BCUT2D eigenvalue weighted by atomic mass is 15.5. The third-order valence-electron chi connectivity index (χ3n) is 6.87. The lowest BCUT2D eigenvalue weighted by molar-refractivity contribution is -0.747. The number of aryl methyl sites for hydroxylation is 2. The van der Waals surface area contributed by atoms with Gasteiger partial charge in [-0.1, -0.05) is 109 Å². The summed E-state index contributed by atoms with van der Waals surface area (Å²) in [7, 11) is 3.99. The van der Waals surface area contributed by atoms with Gasteiger partial charge in [0.2, 0.25) is 0 Å². The van der Waals surface area contributed by atoms with Crippen molar-refractivity contribution in [1.29, 1.82) is 0 Å². The molecule has 0 N–H and O–H groups in total. The largest absolute Gasteiger partial charge is 0.197 e. The van der Waals surface area contributed by atoms with Crippen LogP contribution in [0.2, 0.25) is 0 Å². The summed E-state index contributed by atoms with van der Waals surface area (Å²) in [6.07, 6.45) is 4.24. The van der Waals surface area contributed by atoms with Crippen molar-refractivity contribution in [1.82, 2.24) is 19.8 Å². The first kappa shape index (κ1) is 23.6. The van der Waals surface area contributed by atoms with E-state index in [0.717, 1.165) is 22.5 Å². The molecule has 0 aliphatic heterocycles. The standard InChI is InChI=1S/C32H30N6/c1-35-31(25-13-5-3-6-14-25)23-37(33-35)21-27-17-9-11-19-29(27)30-20-12-10-18-28(30)22-38-24-32(36(2)34-38)26-15-7-4-8-16-26/h3-20,23-24H,21-22H2,1-2H3/q+2. The van der Waals surface area contributed by atoms with E-state index >= 15 is 0 Å². The molecule has 38 heavy (non-hydrogen) atoms. The van der Waals surface area contributed by atoms with Gasteiger partial charge >= 0.3 is 0 Å². The first-order chi connectivity index (χ1) is 18.7. The summed E-state index contributed by atoms with van der Waals surface area (Å²) >= 11 is 0. The fourth-order valence-electron chi connectivity index (χ4n) is 5.03. The van der Waals surface area contributed by atoms with Gasteiger partial charge in [0.1, 0.15) is 27.2 Å². The van der Waals surface area contributed by atoms with Crippen LogP contribution < -0.4 is 9.36 Å². The number of hydrogen-bond donors (Lipinski definition) is 0. The Kier molecular flexibility index (Phi) is 6.36. The minimum atomic E-state index is 0.681. The highest BCUT2D eigenvalue weighted by Gasteiger charge is 2.19. The van der Waals surface area contributed by atoms with E-state index in [1.54, 1.807) is 0 Å². The molecule has 0 saturated heterocycles. The van der Waals surface area contributed by atoms with E-state index < -0.39 is 0 Å². The quantitative estimate of drug-likeness (QED) is 0.296. The van der Waals surface area contributed by atoms with E-state index in [4.69, 9.17) is 10.4 Å². The number of rotatable bonds is 7. The normalized spacial score (nSPS) is 11.1. The number of nitrogens with zero attached hydrogens (tertiary/aromatic N) is 6. The van der Waals surface area contributed by atoms with Gasteiger partial charge in [0.15, 0.2) is 23.8 Å². The number of aromatic nitrogens is 6. The molecule has 0 atom stereocenters. The van der Waals surface area contributed by atoms with Crippen LogP contribution in [0, 0.1) is 0 Å². The molecule has 6 nitrogen and oxygen atoms in total. The van der Waals surface area contributed by atoms with E-state index in [1.807, 2.05) is 45.0 Å². The molecule has 0 aliphatic rings. The lowest BCUT2D eigenvalue weighted by atomic mass is 9.95. The third kappa shape index (κ3) is 4.76. The van der Waals surface area contributed by atoms with Gasteiger partial charge < -0.3 is 0 Å². The molecule has 0 radical (unpaired) electrons. The first-order valence-electron chi connectivity index (χ1n) is 12.8. The zero-order valence-corrected chi connectivity index (χ0v) is 21.6. The van der Waals surface area contributed by atoms with Crippen LogP contribution in [0.3, 0.4) is 0 Å². The van der Waals surface area contributed by atoms with E-state index in [-0.39, 0.29) is 0 Å². The second-order valence-electron chi connectivity index (χ2n) is 9.50. The van der Waals surface area contributed by atoms with Crippen molar-refractivity contribution in [2.75, 3.05) is 0 Å². The Morgan fingerprint density at radius 1 is 0.500 bits per heavy atom. The van der Waals surface area contributed by atoms with Crippen LogP contribution in [0.15, 0.2) is 122 Å². The van der Waals surface area contributed by atoms with Crippen LogP contribution in [0.4, 0.5) is 0 Å². The van der Waals surface area contributed by atoms with Crippen molar-refractivity contribution < 1.29 is 9.36 Å². The van der Waals surface area contributed by atoms with Gasteiger partial charge in [0, 0.05) is 22.3 Å². The topological polar surface area (TPSA) is 43.4 Å². The van der Waals surface area contributed by atoms with E-state index in [9.17, 15) is 0 Å². The Balaban J connectivity index is 1.31. The number of hydrogen-bond acceptors (Lipinski definition) is 2. The van der Waals surface area contributed by atoms with Crippen LogP contribution in [0.1, 0.15) is 11.1 Å². The van der Waals surface area contributed by atoms with E-state index in [0.29, 0.717) is 13.1 Å².